The molecule has 0 spiro atoms. The van der Waals surface area contributed by atoms with Gasteiger partial charge in [0.05, 0.1) is 4.47 Å². The molecule has 1 N–H and O–H groups in total. The van der Waals surface area contributed by atoms with Crippen molar-refractivity contribution in [1.82, 2.24) is 15.2 Å². The molecule has 1 aliphatic heterocycles. The Bertz CT molecular complexity index is 885. The molecule has 34 heavy (non-hydrogen) atoms. The zero-order valence-corrected chi connectivity index (χ0v) is 23.2. The Hall–Kier alpha value is -2.12. The molecular formula is C26H37BrClN3O3. The summed E-state index contributed by atoms with van der Waals surface area (Å²) in [6.45, 7) is 11.8. The molecule has 0 radical (unpaired) electrons. The highest BCUT2D eigenvalue weighted by Gasteiger charge is 2.24. The summed E-state index contributed by atoms with van der Waals surface area (Å²) in [6, 6.07) is 8.95. The molecule has 188 valence electrons. The van der Waals surface area contributed by atoms with E-state index in [2.05, 4.69) is 26.2 Å². The van der Waals surface area contributed by atoms with E-state index in [0.717, 1.165) is 24.8 Å². The molecule has 0 saturated carbocycles. The molecule has 8 heteroatoms. The number of rotatable bonds is 7. The maximum atomic E-state index is 12.5. The number of hydrogen-bond acceptors (Lipinski definition) is 4. The minimum Gasteiger partial charge on any atom is -0.489 e. The Kier molecular flexibility index (Phi) is 14.5. The third kappa shape index (κ3) is 9.63. The van der Waals surface area contributed by atoms with Gasteiger partial charge < -0.3 is 15.0 Å². The van der Waals surface area contributed by atoms with E-state index < -0.39 is 0 Å². The van der Waals surface area contributed by atoms with Crippen molar-refractivity contribution < 1.29 is 14.3 Å². The zero-order chi connectivity index (χ0) is 25.5. The Balaban J connectivity index is 0.00000137. The Morgan fingerprint density at radius 3 is 2.35 bits per heavy atom. The Labute approximate surface area is 217 Å². The molecule has 1 fully saturated rings. The van der Waals surface area contributed by atoms with Gasteiger partial charge in [0, 0.05) is 56.2 Å². The molecule has 1 aliphatic rings. The highest BCUT2D eigenvalue weighted by molar-refractivity contribution is 9.10. The van der Waals surface area contributed by atoms with Gasteiger partial charge in [-0.3, -0.25) is 9.59 Å². The first-order chi connectivity index (χ1) is 16.5. The van der Waals surface area contributed by atoms with Gasteiger partial charge in [-0.05, 0) is 40.0 Å². The summed E-state index contributed by atoms with van der Waals surface area (Å²) in [5.41, 5.74) is 1.24. The van der Waals surface area contributed by atoms with Crippen molar-refractivity contribution >= 4 is 39.3 Å². The van der Waals surface area contributed by atoms with E-state index in [9.17, 15) is 9.59 Å². The van der Waals surface area contributed by atoms with E-state index in [1.54, 1.807) is 24.4 Å². The number of carbonyl (C=O) groups excluding carboxylic acids is 2. The molecule has 1 aromatic carbocycles. The highest BCUT2D eigenvalue weighted by Crippen LogP contribution is 2.28. The third-order valence-electron chi connectivity index (χ3n) is 4.97. The van der Waals surface area contributed by atoms with E-state index in [1.165, 1.54) is 0 Å². The number of benzene rings is 1. The quantitative estimate of drug-likeness (QED) is 0.416. The fourth-order valence-electron chi connectivity index (χ4n) is 3.28. The number of aromatic nitrogens is 1. The Morgan fingerprint density at radius 2 is 1.76 bits per heavy atom. The summed E-state index contributed by atoms with van der Waals surface area (Å²) in [7, 11) is 0. The van der Waals surface area contributed by atoms with Crippen molar-refractivity contribution in [3.8, 4) is 5.75 Å². The second-order valence-electron chi connectivity index (χ2n) is 7.26. The van der Waals surface area contributed by atoms with Crippen LogP contribution in [0.4, 0.5) is 0 Å². The van der Waals surface area contributed by atoms with Crippen LogP contribution in [-0.4, -0.2) is 40.9 Å². The zero-order valence-electron chi connectivity index (χ0n) is 20.9. The molecule has 2 amide bonds. The summed E-state index contributed by atoms with van der Waals surface area (Å²) < 4.78 is 6.82. The first kappa shape index (κ1) is 29.9. The van der Waals surface area contributed by atoms with Crippen LogP contribution in [0.3, 0.4) is 0 Å². The van der Waals surface area contributed by atoms with Crippen LogP contribution in [0.25, 0.3) is 0 Å². The summed E-state index contributed by atoms with van der Waals surface area (Å²) in [5, 5.41) is 3.51. The fraction of sp³-hybridized carbons (Fsp3) is 0.500. The minimum absolute atomic E-state index is 0.000597. The van der Waals surface area contributed by atoms with E-state index in [1.807, 2.05) is 51.7 Å². The van der Waals surface area contributed by atoms with Gasteiger partial charge in [-0.2, -0.15) is 0 Å². The van der Waals surface area contributed by atoms with Gasteiger partial charge in [-0.15, -0.1) is 0 Å². The average Bonchev–Trinajstić information content (AvgIpc) is 2.88. The molecule has 2 heterocycles. The van der Waals surface area contributed by atoms with Crippen molar-refractivity contribution in [2.75, 3.05) is 13.1 Å². The second-order valence-corrected chi connectivity index (χ2v) is 8.55. The molecule has 3 rings (SSSR count). The lowest BCUT2D eigenvalue weighted by atomic mass is 10.1. The van der Waals surface area contributed by atoms with E-state index in [4.69, 9.17) is 16.3 Å². The summed E-state index contributed by atoms with van der Waals surface area (Å²) in [6.07, 6.45) is 4.56. The van der Waals surface area contributed by atoms with Gasteiger partial charge in [-0.1, -0.05) is 58.4 Å². The van der Waals surface area contributed by atoms with Gasteiger partial charge in [0.2, 0.25) is 5.91 Å². The monoisotopic (exact) mass is 553 g/mol. The van der Waals surface area contributed by atoms with Gasteiger partial charge >= 0.3 is 0 Å². The lowest BCUT2D eigenvalue weighted by molar-refractivity contribution is -0.133. The molecule has 0 unspecified atom stereocenters. The number of pyridine rings is 1. The first-order valence-corrected chi connectivity index (χ1v) is 13.3. The number of likely N-dealkylation sites (tertiary alicyclic amines) is 1. The van der Waals surface area contributed by atoms with Crippen molar-refractivity contribution in [3.63, 3.8) is 0 Å². The smallest absolute Gasteiger partial charge is 0.270 e. The van der Waals surface area contributed by atoms with E-state index in [0.29, 0.717) is 41.3 Å². The number of halogens is 2. The molecule has 1 aromatic heterocycles. The topological polar surface area (TPSA) is 71.5 Å². The van der Waals surface area contributed by atoms with Gasteiger partial charge in [0.25, 0.3) is 5.91 Å². The molecular weight excluding hydrogens is 518 g/mol. The fourth-order valence-corrected chi connectivity index (χ4v) is 3.72. The summed E-state index contributed by atoms with van der Waals surface area (Å²) in [5.74, 6) is 0.517. The standard InChI is InChI=1S/C22H25BrClN3O3.2C2H6/c1-2-3-21(28)27-10-8-17(9-11-27)30-20-12-19(25-14-18(20)23)22(29)26-13-15-4-6-16(24)7-5-15;2*1-2/h4-7,12,14,17H,2-3,8-11,13H2,1H3,(H,26,29);2*1-2H3. The number of amides is 2. The van der Waals surface area contributed by atoms with Crippen molar-refractivity contribution in [2.24, 2.45) is 0 Å². The number of hydrogen-bond donors (Lipinski definition) is 1. The number of ether oxygens (including phenoxy) is 1. The van der Waals surface area contributed by atoms with Crippen molar-refractivity contribution in [1.29, 1.82) is 0 Å². The average molecular weight is 555 g/mol. The van der Waals surface area contributed by atoms with Crippen molar-refractivity contribution in [3.05, 3.63) is 57.3 Å². The third-order valence-corrected chi connectivity index (χ3v) is 5.82. The van der Waals surface area contributed by atoms with Gasteiger partial charge in [0.15, 0.2) is 0 Å². The maximum Gasteiger partial charge on any atom is 0.270 e. The summed E-state index contributed by atoms with van der Waals surface area (Å²) in [4.78, 5) is 30.6. The number of nitrogens with one attached hydrogen (secondary N) is 1. The number of carbonyl (C=O) groups is 2. The minimum atomic E-state index is -0.276. The number of nitrogens with zero attached hydrogens (tertiary/aromatic N) is 2. The largest absolute Gasteiger partial charge is 0.489 e. The molecule has 1 saturated heterocycles. The maximum absolute atomic E-state index is 12.5. The van der Waals surface area contributed by atoms with Crippen LogP contribution >= 0.6 is 27.5 Å². The van der Waals surface area contributed by atoms with Crippen molar-refractivity contribution in [2.45, 2.75) is 73.0 Å². The van der Waals surface area contributed by atoms with Gasteiger partial charge in [0.1, 0.15) is 17.5 Å². The lowest BCUT2D eigenvalue weighted by Crippen LogP contribution is -2.41. The predicted octanol–water partition coefficient (Wildman–Crippen LogP) is 6.65. The Morgan fingerprint density at radius 1 is 1.15 bits per heavy atom. The lowest BCUT2D eigenvalue weighted by Gasteiger charge is -2.32. The molecule has 0 aliphatic carbocycles. The SMILES string of the molecule is CC.CC.CCCC(=O)N1CCC(Oc2cc(C(=O)NCc3ccc(Cl)cc3)ncc2Br)CC1. The first-order valence-electron chi connectivity index (χ1n) is 12.1. The predicted molar refractivity (Wildman–Crippen MR) is 142 cm³/mol. The van der Waals surface area contributed by atoms with Crippen LogP contribution in [-0.2, 0) is 11.3 Å². The van der Waals surface area contributed by atoms with Crippen LogP contribution in [0.2, 0.25) is 5.02 Å². The molecule has 6 nitrogen and oxygen atoms in total. The molecule has 0 atom stereocenters. The highest BCUT2D eigenvalue weighted by atomic mass is 79.9. The van der Waals surface area contributed by atoms with Crippen LogP contribution in [0.15, 0.2) is 41.0 Å². The second kappa shape index (κ2) is 16.5. The number of piperidine rings is 1. The van der Waals surface area contributed by atoms with Crippen LogP contribution in [0.1, 0.15) is 76.4 Å². The van der Waals surface area contributed by atoms with Crippen LogP contribution in [0.5, 0.6) is 5.75 Å². The van der Waals surface area contributed by atoms with Crippen LogP contribution in [0, 0.1) is 0 Å². The molecule has 0 bridgehead atoms. The normalized spacial score (nSPS) is 13.1. The van der Waals surface area contributed by atoms with Crippen LogP contribution < -0.4 is 10.1 Å². The summed E-state index contributed by atoms with van der Waals surface area (Å²) >= 11 is 9.33. The van der Waals surface area contributed by atoms with E-state index >= 15 is 0 Å². The van der Waals surface area contributed by atoms with E-state index in [-0.39, 0.29) is 23.6 Å². The van der Waals surface area contributed by atoms with Gasteiger partial charge in [-0.25, -0.2) is 4.98 Å². The molecule has 2 aromatic rings.